The first-order valence-electron chi connectivity index (χ1n) is 5.73. The van der Waals surface area contributed by atoms with Crippen molar-refractivity contribution in [3.05, 3.63) is 79.2 Å². The second kappa shape index (κ2) is 9.01. The predicted molar refractivity (Wildman–Crippen MR) is 73.8 cm³/mol. The summed E-state index contributed by atoms with van der Waals surface area (Å²) in [7, 11) is 0. The number of hydrogen-bond donors (Lipinski definition) is 2. The molecule has 3 heteroatoms. The average molecular weight is 350 g/mol. The zero-order valence-electron chi connectivity index (χ0n) is 10.8. The molecule has 2 nitrogen and oxygen atoms in total. The van der Waals surface area contributed by atoms with Gasteiger partial charge in [0.1, 0.15) is 0 Å². The van der Waals surface area contributed by atoms with Gasteiger partial charge in [-0.25, -0.2) is 0 Å². The van der Waals surface area contributed by atoms with Gasteiger partial charge in [-0.15, -0.1) is 0 Å². The van der Waals surface area contributed by atoms with E-state index in [-0.39, 0.29) is 27.8 Å². The first-order valence-corrected chi connectivity index (χ1v) is 5.73. The third-order valence-electron chi connectivity index (χ3n) is 2.82. The molecule has 0 amide bonds. The second-order valence-electron chi connectivity index (χ2n) is 4.09. The van der Waals surface area contributed by atoms with Gasteiger partial charge >= 0.3 is 0 Å². The molecule has 2 atom stereocenters. The van der Waals surface area contributed by atoms with Gasteiger partial charge in [-0.3, -0.25) is 0 Å². The fourth-order valence-electron chi connectivity index (χ4n) is 1.83. The van der Waals surface area contributed by atoms with E-state index in [1.165, 1.54) is 0 Å². The molecule has 0 spiro atoms. The van der Waals surface area contributed by atoms with E-state index in [4.69, 9.17) is 0 Å². The summed E-state index contributed by atoms with van der Waals surface area (Å²) in [5, 5.41) is 20.0. The third kappa shape index (κ3) is 5.26. The van der Waals surface area contributed by atoms with Crippen molar-refractivity contribution in [2.75, 3.05) is 0 Å². The maximum Gasteiger partial charge on any atom is 0.0818 e. The Bertz CT molecular complexity index is 401. The zero-order chi connectivity index (χ0) is 12.1. The summed E-state index contributed by atoms with van der Waals surface area (Å²) in [6.07, 6.45) is -0.952. The molecule has 0 aliphatic rings. The van der Waals surface area contributed by atoms with Gasteiger partial charge in [0.05, 0.1) is 12.2 Å². The SMILES string of the molecule is OC(CC(O)c1ccccc1)c1ccccc1.[CH3-].[Pd]. The second-order valence-corrected chi connectivity index (χ2v) is 4.09. The van der Waals surface area contributed by atoms with Gasteiger partial charge in [0.25, 0.3) is 0 Å². The average Bonchev–Trinajstić information content (AvgIpc) is 2.40. The van der Waals surface area contributed by atoms with E-state index in [0.717, 1.165) is 11.1 Å². The van der Waals surface area contributed by atoms with E-state index >= 15 is 0 Å². The molecule has 2 aromatic rings. The van der Waals surface area contributed by atoms with Gasteiger partial charge < -0.3 is 17.6 Å². The number of aliphatic hydroxyl groups is 2. The fraction of sp³-hybridized carbons (Fsp3) is 0.188. The van der Waals surface area contributed by atoms with Gasteiger partial charge in [0.15, 0.2) is 0 Å². The molecule has 0 aliphatic carbocycles. The topological polar surface area (TPSA) is 40.5 Å². The van der Waals surface area contributed by atoms with Crippen molar-refractivity contribution in [3.8, 4) is 0 Å². The van der Waals surface area contributed by atoms with Gasteiger partial charge in [-0.2, -0.15) is 0 Å². The van der Waals surface area contributed by atoms with Crippen LogP contribution in [0.2, 0.25) is 0 Å². The Morgan fingerprint density at radius 3 is 1.32 bits per heavy atom. The van der Waals surface area contributed by atoms with Gasteiger partial charge in [-0.05, 0) is 11.1 Å². The van der Waals surface area contributed by atoms with Crippen LogP contribution in [0.15, 0.2) is 60.7 Å². The Balaban J connectivity index is 0.00000162. The Morgan fingerprint density at radius 1 is 0.684 bits per heavy atom. The summed E-state index contributed by atoms with van der Waals surface area (Å²) < 4.78 is 0. The minimum atomic E-state index is -0.633. The number of hydrogen-bond acceptors (Lipinski definition) is 2. The molecule has 2 aromatic carbocycles. The molecular weight excluding hydrogens is 331 g/mol. The summed E-state index contributed by atoms with van der Waals surface area (Å²) >= 11 is 0. The molecule has 2 N–H and O–H groups in total. The van der Waals surface area contributed by atoms with E-state index in [2.05, 4.69) is 0 Å². The van der Waals surface area contributed by atoms with Crippen molar-refractivity contribution in [2.45, 2.75) is 18.6 Å². The molecule has 0 fully saturated rings. The van der Waals surface area contributed by atoms with E-state index in [1.807, 2.05) is 60.7 Å². The van der Waals surface area contributed by atoms with Crippen LogP contribution in [0, 0.1) is 7.43 Å². The molecule has 19 heavy (non-hydrogen) atoms. The van der Waals surface area contributed by atoms with Crippen molar-refractivity contribution in [2.24, 2.45) is 0 Å². The first kappa shape index (κ1) is 18.0. The first-order chi connectivity index (χ1) is 8.27. The van der Waals surface area contributed by atoms with Crippen LogP contribution >= 0.6 is 0 Å². The Morgan fingerprint density at radius 2 is 1.00 bits per heavy atom. The van der Waals surface area contributed by atoms with Gasteiger partial charge in [0.2, 0.25) is 0 Å². The molecule has 106 valence electrons. The Labute approximate surface area is 128 Å². The van der Waals surface area contributed by atoms with Crippen molar-refractivity contribution in [3.63, 3.8) is 0 Å². The Kier molecular flexibility index (Phi) is 8.55. The largest absolute Gasteiger partial charge is 0.388 e. The van der Waals surface area contributed by atoms with Crippen molar-refractivity contribution >= 4 is 0 Å². The van der Waals surface area contributed by atoms with E-state index in [0.29, 0.717) is 6.42 Å². The van der Waals surface area contributed by atoms with E-state index in [9.17, 15) is 10.2 Å². The van der Waals surface area contributed by atoms with Crippen LogP contribution in [0.5, 0.6) is 0 Å². The molecule has 2 rings (SSSR count). The monoisotopic (exact) mass is 349 g/mol. The van der Waals surface area contributed by atoms with Crippen molar-refractivity contribution in [1.82, 2.24) is 0 Å². The van der Waals surface area contributed by atoms with Gasteiger partial charge in [-0.1, -0.05) is 60.7 Å². The summed E-state index contributed by atoms with van der Waals surface area (Å²) in [4.78, 5) is 0. The molecule has 0 saturated carbocycles. The molecule has 0 aromatic heterocycles. The summed E-state index contributed by atoms with van der Waals surface area (Å²) in [5.74, 6) is 0. The van der Waals surface area contributed by atoms with Crippen LogP contribution in [0.25, 0.3) is 0 Å². The molecular formula is C16H19O2Pd-. The van der Waals surface area contributed by atoms with Crippen molar-refractivity contribution < 1.29 is 30.6 Å². The molecule has 0 bridgehead atoms. The maximum absolute atomic E-state index is 9.99. The maximum atomic E-state index is 9.99. The van der Waals surface area contributed by atoms with Crippen LogP contribution in [-0.4, -0.2) is 10.2 Å². The molecule has 0 heterocycles. The summed E-state index contributed by atoms with van der Waals surface area (Å²) in [5.41, 5.74) is 1.67. The minimum Gasteiger partial charge on any atom is -0.388 e. The summed E-state index contributed by atoms with van der Waals surface area (Å²) in [6, 6.07) is 18.8. The molecule has 0 saturated heterocycles. The van der Waals surface area contributed by atoms with Crippen LogP contribution in [0.1, 0.15) is 29.8 Å². The zero-order valence-corrected chi connectivity index (χ0v) is 12.4. The van der Waals surface area contributed by atoms with Crippen LogP contribution in [0.3, 0.4) is 0 Å². The van der Waals surface area contributed by atoms with E-state index in [1.54, 1.807) is 0 Å². The predicted octanol–water partition coefficient (Wildman–Crippen LogP) is 3.29. The number of rotatable bonds is 4. The standard InChI is InChI=1S/C15H16O2.CH3.Pd/c16-14(12-7-3-1-4-8-12)11-15(17)13-9-5-2-6-10-13;;/h1-10,14-17H,11H2;1H3;/q;-1;. The molecule has 0 aliphatic heterocycles. The quantitative estimate of drug-likeness (QED) is 0.657. The normalized spacial score (nSPS) is 12.7. The third-order valence-corrected chi connectivity index (χ3v) is 2.82. The van der Waals surface area contributed by atoms with Crippen LogP contribution < -0.4 is 0 Å². The number of aliphatic hydroxyl groups excluding tert-OH is 2. The fourth-order valence-corrected chi connectivity index (χ4v) is 1.83. The summed E-state index contributed by atoms with van der Waals surface area (Å²) in [6.45, 7) is 0. The molecule has 2 unspecified atom stereocenters. The van der Waals surface area contributed by atoms with Crippen LogP contribution in [-0.2, 0) is 20.4 Å². The van der Waals surface area contributed by atoms with E-state index < -0.39 is 12.2 Å². The van der Waals surface area contributed by atoms with Gasteiger partial charge in [0, 0.05) is 26.8 Å². The van der Waals surface area contributed by atoms with Crippen LogP contribution in [0.4, 0.5) is 0 Å². The smallest absolute Gasteiger partial charge is 0.0818 e. The minimum absolute atomic E-state index is 0. The Hall–Kier alpha value is -0.978. The molecule has 0 radical (unpaired) electrons. The van der Waals surface area contributed by atoms with Crippen molar-refractivity contribution in [1.29, 1.82) is 0 Å². The number of benzene rings is 2.